The summed E-state index contributed by atoms with van der Waals surface area (Å²) in [6.45, 7) is 0. The third-order valence-corrected chi connectivity index (χ3v) is 2.80. The fraction of sp³-hybridized carbons (Fsp3) is 0.875. The quantitative estimate of drug-likeness (QED) is 0.532. The molecule has 0 aromatic carbocycles. The maximum atomic E-state index is 12.3. The second kappa shape index (κ2) is 6.33. The van der Waals surface area contributed by atoms with Gasteiger partial charge in [-0.05, 0) is 30.9 Å². The molecule has 8 heteroatoms. The molecule has 0 unspecified atom stereocenters. The largest absolute Gasteiger partial charge is 0.368 e. The SMILES string of the molecule is FO[C](OF)C(OF)(OF)C1CCCCC1. The van der Waals surface area contributed by atoms with Crippen LogP contribution < -0.4 is 0 Å². The molecule has 1 fully saturated rings. The summed E-state index contributed by atoms with van der Waals surface area (Å²) in [5, 5.41) is 0. The highest BCUT2D eigenvalue weighted by atomic mass is 19.3. The molecule has 1 rings (SSSR count). The van der Waals surface area contributed by atoms with E-state index < -0.39 is 18.0 Å². The van der Waals surface area contributed by atoms with Crippen molar-refractivity contribution in [3.8, 4) is 0 Å². The van der Waals surface area contributed by atoms with Gasteiger partial charge in [-0.2, -0.15) is 0 Å². The summed E-state index contributed by atoms with van der Waals surface area (Å²) in [5.74, 6) is -3.87. The normalized spacial score (nSPS) is 19.3. The van der Waals surface area contributed by atoms with Crippen LogP contribution in [-0.2, 0) is 19.8 Å². The van der Waals surface area contributed by atoms with E-state index in [2.05, 4.69) is 19.8 Å². The van der Waals surface area contributed by atoms with Gasteiger partial charge in [-0.15, -0.1) is 19.8 Å². The second-order valence-electron chi connectivity index (χ2n) is 3.60. The molecule has 0 atom stereocenters. The van der Waals surface area contributed by atoms with Crippen LogP contribution in [0.3, 0.4) is 0 Å². The van der Waals surface area contributed by atoms with E-state index in [1.165, 1.54) is 0 Å². The fourth-order valence-corrected chi connectivity index (χ4v) is 1.97. The first kappa shape index (κ1) is 13.6. The lowest BCUT2D eigenvalue weighted by Gasteiger charge is -2.34. The Labute approximate surface area is 89.0 Å². The Bertz CT molecular complexity index is 192. The van der Waals surface area contributed by atoms with Gasteiger partial charge in [0.2, 0.25) is 0 Å². The average molecular weight is 247 g/mol. The molecule has 0 bridgehead atoms. The first-order valence-electron chi connectivity index (χ1n) is 4.79. The van der Waals surface area contributed by atoms with E-state index in [1.54, 1.807) is 0 Å². The molecule has 1 radical (unpaired) electrons. The molecule has 0 amide bonds. The Hall–Kier alpha value is -0.440. The molecule has 1 aliphatic carbocycles. The van der Waals surface area contributed by atoms with Gasteiger partial charge in [0.25, 0.3) is 0 Å². The summed E-state index contributed by atoms with van der Waals surface area (Å²) < 4.78 is 48.5. The third-order valence-electron chi connectivity index (χ3n) is 2.80. The molecule has 1 saturated carbocycles. The van der Waals surface area contributed by atoms with E-state index in [0.717, 1.165) is 6.42 Å². The van der Waals surface area contributed by atoms with Crippen molar-refractivity contribution in [3.63, 3.8) is 0 Å². The first-order valence-corrected chi connectivity index (χ1v) is 4.79. The highest BCUT2D eigenvalue weighted by Crippen LogP contribution is 2.43. The minimum atomic E-state index is -2.94. The number of rotatable bonds is 6. The zero-order valence-electron chi connectivity index (χ0n) is 8.26. The van der Waals surface area contributed by atoms with Crippen molar-refractivity contribution in [1.29, 1.82) is 0 Å². The van der Waals surface area contributed by atoms with Gasteiger partial charge >= 0.3 is 12.1 Å². The van der Waals surface area contributed by atoms with Crippen molar-refractivity contribution in [2.45, 2.75) is 37.9 Å². The van der Waals surface area contributed by atoms with Gasteiger partial charge < -0.3 is 0 Å². The molecule has 0 saturated heterocycles. The lowest BCUT2D eigenvalue weighted by Crippen LogP contribution is -2.47. The Kier molecular flexibility index (Phi) is 5.39. The molecular weight excluding hydrogens is 236 g/mol. The zero-order valence-corrected chi connectivity index (χ0v) is 8.26. The Morgan fingerprint density at radius 1 is 0.875 bits per heavy atom. The van der Waals surface area contributed by atoms with Gasteiger partial charge in [0.05, 0.1) is 0 Å². The number of halogens is 4. The lowest BCUT2D eigenvalue weighted by molar-refractivity contribution is -0.484. The van der Waals surface area contributed by atoms with Gasteiger partial charge in [-0.25, -0.2) is 0 Å². The molecule has 0 spiro atoms. The van der Waals surface area contributed by atoms with Gasteiger partial charge in [-0.1, -0.05) is 19.3 Å². The maximum absolute atomic E-state index is 12.3. The standard InChI is InChI=1S/C8H11F4O4/c9-13-7(14-10)8(15-11,16-12)6-4-2-1-3-5-6/h6H,1-5H2. The Balaban J connectivity index is 2.83. The fourth-order valence-electron chi connectivity index (χ4n) is 1.97. The van der Waals surface area contributed by atoms with Crippen LogP contribution in [0.15, 0.2) is 0 Å². The van der Waals surface area contributed by atoms with Crippen molar-refractivity contribution in [2.24, 2.45) is 5.92 Å². The Morgan fingerprint density at radius 3 is 1.75 bits per heavy atom. The minimum Gasteiger partial charge on any atom is -0.148 e. The van der Waals surface area contributed by atoms with Crippen molar-refractivity contribution < 1.29 is 37.9 Å². The topological polar surface area (TPSA) is 36.9 Å². The molecule has 4 nitrogen and oxygen atoms in total. The van der Waals surface area contributed by atoms with E-state index in [9.17, 15) is 18.1 Å². The van der Waals surface area contributed by atoms with Crippen LogP contribution >= 0.6 is 0 Å². The molecule has 1 aliphatic rings. The molecule has 16 heavy (non-hydrogen) atoms. The predicted molar refractivity (Wildman–Crippen MR) is 41.3 cm³/mol. The van der Waals surface area contributed by atoms with E-state index in [-0.39, 0.29) is 12.8 Å². The molecule has 95 valence electrons. The van der Waals surface area contributed by atoms with Crippen molar-refractivity contribution in [1.82, 2.24) is 0 Å². The molecular formula is C8H11F4O4. The highest BCUT2D eigenvalue weighted by Gasteiger charge is 2.57. The summed E-state index contributed by atoms with van der Waals surface area (Å²) in [6.07, 6.45) is 0.974. The van der Waals surface area contributed by atoms with E-state index in [1.807, 2.05) is 0 Å². The van der Waals surface area contributed by atoms with E-state index >= 15 is 0 Å². The number of hydrogen-bond acceptors (Lipinski definition) is 4. The zero-order chi connectivity index (χ0) is 12.0. The lowest BCUT2D eigenvalue weighted by atomic mass is 9.83. The molecule has 0 aliphatic heterocycles. The summed E-state index contributed by atoms with van der Waals surface area (Å²) in [5.41, 5.74) is 0. The van der Waals surface area contributed by atoms with Crippen molar-refractivity contribution in [3.05, 3.63) is 6.29 Å². The van der Waals surface area contributed by atoms with Crippen LogP contribution in [0.25, 0.3) is 0 Å². The molecule has 0 N–H and O–H groups in total. The second-order valence-corrected chi connectivity index (χ2v) is 3.60. The summed E-state index contributed by atoms with van der Waals surface area (Å²) in [4.78, 5) is 12.2. The smallest absolute Gasteiger partial charge is 0.148 e. The van der Waals surface area contributed by atoms with Crippen LogP contribution in [0.5, 0.6) is 0 Å². The first-order chi connectivity index (χ1) is 7.75. The van der Waals surface area contributed by atoms with Crippen LogP contribution in [0, 0.1) is 12.2 Å². The summed E-state index contributed by atoms with van der Waals surface area (Å²) in [7, 11) is 0. The predicted octanol–water partition coefficient (Wildman–Crippen LogP) is 3.36. The van der Waals surface area contributed by atoms with Crippen molar-refractivity contribution in [2.75, 3.05) is 0 Å². The van der Waals surface area contributed by atoms with Crippen molar-refractivity contribution >= 4 is 0 Å². The average Bonchev–Trinajstić information content (AvgIpc) is 2.37. The van der Waals surface area contributed by atoms with E-state index in [4.69, 9.17) is 0 Å². The number of hydrogen-bond donors (Lipinski definition) is 0. The highest BCUT2D eigenvalue weighted by molar-refractivity contribution is 4.93. The van der Waals surface area contributed by atoms with Gasteiger partial charge in [0, 0.05) is 5.92 Å². The monoisotopic (exact) mass is 247 g/mol. The van der Waals surface area contributed by atoms with E-state index in [0.29, 0.717) is 12.8 Å². The van der Waals surface area contributed by atoms with Crippen LogP contribution in [-0.4, -0.2) is 5.79 Å². The molecule has 0 heterocycles. The van der Waals surface area contributed by atoms with Gasteiger partial charge in [0.15, 0.2) is 0 Å². The summed E-state index contributed by atoms with van der Waals surface area (Å²) in [6, 6.07) is 0. The van der Waals surface area contributed by atoms with Crippen LogP contribution in [0.1, 0.15) is 32.1 Å². The Morgan fingerprint density at radius 2 is 1.38 bits per heavy atom. The van der Waals surface area contributed by atoms with Crippen LogP contribution in [0.4, 0.5) is 18.1 Å². The van der Waals surface area contributed by atoms with Gasteiger partial charge in [0.1, 0.15) is 0 Å². The minimum absolute atomic E-state index is 0.268. The van der Waals surface area contributed by atoms with Gasteiger partial charge in [-0.3, -0.25) is 0 Å². The van der Waals surface area contributed by atoms with Crippen LogP contribution in [0.2, 0.25) is 0 Å². The summed E-state index contributed by atoms with van der Waals surface area (Å²) >= 11 is 0. The third kappa shape index (κ3) is 2.45. The molecule has 0 aromatic heterocycles. The molecule has 0 aromatic rings. The maximum Gasteiger partial charge on any atom is 0.368 e.